The van der Waals surface area contributed by atoms with Gasteiger partial charge in [-0.1, -0.05) is 29.8 Å². The van der Waals surface area contributed by atoms with Crippen LogP contribution in [0, 0.1) is 12.8 Å². The average Bonchev–Trinajstić information content (AvgIpc) is 2.89. The number of amides is 1. The van der Waals surface area contributed by atoms with E-state index in [0.717, 1.165) is 19.4 Å². The van der Waals surface area contributed by atoms with Gasteiger partial charge < -0.3 is 15.8 Å². The maximum absolute atomic E-state index is 12.0. The van der Waals surface area contributed by atoms with Crippen molar-refractivity contribution >= 4 is 5.91 Å². The number of aryl methyl sites for hydroxylation is 2. The second-order valence-electron chi connectivity index (χ2n) is 5.94. The molecule has 0 aromatic heterocycles. The van der Waals surface area contributed by atoms with Crippen LogP contribution in [0.4, 0.5) is 0 Å². The third-order valence-electron chi connectivity index (χ3n) is 4.54. The number of carbonyl (C=O) groups is 1. The molecule has 1 amide bonds. The first kappa shape index (κ1) is 13.6. The quantitative estimate of drug-likeness (QED) is 0.866. The van der Waals surface area contributed by atoms with E-state index in [4.69, 9.17) is 10.5 Å². The van der Waals surface area contributed by atoms with Gasteiger partial charge in [0.1, 0.15) is 0 Å². The molecule has 3 rings (SSSR count). The van der Waals surface area contributed by atoms with Gasteiger partial charge in [0.2, 0.25) is 5.91 Å². The molecule has 1 aliphatic carbocycles. The lowest BCUT2D eigenvalue weighted by Crippen LogP contribution is -2.68. The Kier molecular flexibility index (Phi) is 3.76. The summed E-state index contributed by atoms with van der Waals surface area (Å²) in [6.45, 7) is 2.84. The van der Waals surface area contributed by atoms with Crippen LogP contribution in [0.15, 0.2) is 24.3 Å². The molecule has 108 valence electrons. The van der Waals surface area contributed by atoms with Crippen LogP contribution in [0.3, 0.4) is 0 Å². The Morgan fingerprint density at radius 1 is 1.40 bits per heavy atom. The number of ether oxygens (including phenoxy) is 1. The van der Waals surface area contributed by atoms with Crippen LogP contribution >= 0.6 is 0 Å². The van der Waals surface area contributed by atoms with Gasteiger partial charge in [-0.05, 0) is 25.3 Å². The van der Waals surface area contributed by atoms with E-state index in [1.54, 1.807) is 0 Å². The molecule has 0 bridgehead atoms. The van der Waals surface area contributed by atoms with Crippen molar-refractivity contribution in [2.45, 2.75) is 44.4 Å². The lowest BCUT2D eigenvalue weighted by molar-refractivity contribution is -0.125. The SMILES string of the molecule is Cc1ccc(CCC(=O)NC2C(N)C3CCOC32)cc1. The summed E-state index contributed by atoms with van der Waals surface area (Å²) in [6.07, 6.45) is 2.45. The Morgan fingerprint density at radius 2 is 2.15 bits per heavy atom. The molecule has 1 saturated heterocycles. The summed E-state index contributed by atoms with van der Waals surface area (Å²) in [5.41, 5.74) is 8.52. The summed E-state index contributed by atoms with van der Waals surface area (Å²) in [5, 5.41) is 3.03. The maximum Gasteiger partial charge on any atom is 0.220 e. The van der Waals surface area contributed by atoms with Crippen LogP contribution in [-0.2, 0) is 16.0 Å². The fourth-order valence-corrected chi connectivity index (χ4v) is 3.20. The summed E-state index contributed by atoms with van der Waals surface area (Å²) < 4.78 is 5.62. The molecule has 1 aromatic rings. The van der Waals surface area contributed by atoms with Crippen LogP contribution in [0.25, 0.3) is 0 Å². The lowest BCUT2D eigenvalue weighted by atomic mass is 9.72. The Bertz CT molecular complexity index is 486. The zero-order valence-corrected chi connectivity index (χ0v) is 11.8. The van der Waals surface area contributed by atoms with E-state index in [-0.39, 0.29) is 24.1 Å². The van der Waals surface area contributed by atoms with Crippen molar-refractivity contribution in [2.75, 3.05) is 6.61 Å². The maximum atomic E-state index is 12.0. The third-order valence-corrected chi connectivity index (χ3v) is 4.54. The molecule has 1 saturated carbocycles. The van der Waals surface area contributed by atoms with Crippen molar-refractivity contribution in [3.8, 4) is 0 Å². The molecule has 20 heavy (non-hydrogen) atoms. The first-order valence-electron chi connectivity index (χ1n) is 7.37. The number of benzene rings is 1. The molecule has 3 N–H and O–H groups in total. The largest absolute Gasteiger partial charge is 0.376 e. The number of rotatable bonds is 4. The normalized spacial score (nSPS) is 31.5. The molecule has 2 fully saturated rings. The molecular weight excluding hydrogens is 252 g/mol. The van der Waals surface area contributed by atoms with E-state index < -0.39 is 0 Å². The molecular formula is C16H22N2O2. The van der Waals surface area contributed by atoms with Crippen LogP contribution in [0.1, 0.15) is 24.0 Å². The van der Waals surface area contributed by atoms with Gasteiger partial charge in [0.25, 0.3) is 0 Å². The molecule has 1 heterocycles. The van der Waals surface area contributed by atoms with E-state index in [9.17, 15) is 4.79 Å². The molecule has 2 aliphatic rings. The Labute approximate surface area is 119 Å². The standard InChI is InChI=1S/C16H22N2O2/c1-10-2-4-11(5-3-10)6-7-13(19)18-15-14(17)12-8-9-20-16(12)15/h2-5,12,14-16H,6-9,17H2,1H3,(H,18,19). The Hall–Kier alpha value is -1.39. The highest BCUT2D eigenvalue weighted by atomic mass is 16.5. The van der Waals surface area contributed by atoms with Crippen LogP contribution in [-0.4, -0.2) is 30.7 Å². The summed E-state index contributed by atoms with van der Waals surface area (Å²) >= 11 is 0. The van der Waals surface area contributed by atoms with E-state index >= 15 is 0 Å². The topological polar surface area (TPSA) is 64.4 Å². The number of fused-ring (bicyclic) bond motifs is 1. The van der Waals surface area contributed by atoms with Crippen LogP contribution in [0.2, 0.25) is 0 Å². The first-order valence-corrected chi connectivity index (χ1v) is 7.37. The van der Waals surface area contributed by atoms with Gasteiger partial charge in [-0.25, -0.2) is 0 Å². The average molecular weight is 274 g/mol. The molecule has 0 spiro atoms. The first-order chi connectivity index (χ1) is 9.65. The van der Waals surface area contributed by atoms with E-state index in [2.05, 4.69) is 36.5 Å². The van der Waals surface area contributed by atoms with Crippen LogP contribution in [0.5, 0.6) is 0 Å². The van der Waals surface area contributed by atoms with E-state index in [1.165, 1.54) is 11.1 Å². The molecule has 4 unspecified atom stereocenters. The highest BCUT2D eigenvalue weighted by Gasteiger charge is 2.52. The number of carbonyl (C=O) groups excluding carboxylic acids is 1. The Morgan fingerprint density at radius 3 is 2.90 bits per heavy atom. The minimum atomic E-state index is 0.00742. The van der Waals surface area contributed by atoms with Crippen molar-refractivity contribution in [1.82, 2.24) is 5.32 Å². The fourth-order valence-electron chi connectivity index (χ4n) is 3.20. The summed E-state index contributed by atoms with van der Waals surface area (Å²) in [4.78, 5) is 12.0. The predicted molar refractivity (Wildman–Crippen MR) is 77.3 cm³/mol. The highest BCUT2D eigenvalue weighted by molar-refractivity contribution is 5.77. The minimum Gasteiger partial charge on any atom is -0.376 e. The molecule has 4 heteroatoms. The van der Waals surface area contributed by atoms with Gasteiger partial charge in [-0.2, -0.15) is 0 Å². The molecule has 1 aliphatic heterocycles. The van der Waals surface area contributed by atoms with Crippen molar-refractivity contribution in [2.24, 2.45) is 11.7 Å². The molecule has 4 nitrogen and oxygen atoms in total. The number of hydrogen-bond donors (Lipinski definition) is 2. The fraction of sp³-hybridized carbons (Fsp3) is 0.562. The molecule has 4 atom stereocenters. The number of nitrogens with two attached hydrogens (primary N) is 1. The summed E-state index contributed by atoms with van der Waals surface area (Å²) in [6, 6.07) is 8.37. The van der Waals surface area contributed by atoms with Gasteiger partial charge in [-0.15, -0.1) is 0 Å². The molecule has 1 aromatic carbocycles. The van der Waals surface area contributed by atoms with Crippen molar-refractivity contribution < 1.29 is 9.53 Å². The Balaban J connectivity index is 1.47. The van der Waals surface area contributed by atoms with Crippen molar-refractivity contribution in [3.63, 3.8) is 0 Å². The van der Waals surface area contributed by atoms with Gasteiger partial charge in [0.05, 0.1) is 12.1 Å². The summed E-state index contributed by atoms with van der Waals surface area (Å²) in [5.74, 6) is 0.511. The number of hydrogen-bond acceptors (Lipinski definition) is 3. The minimum absolute atomic E-state index is 0.00742. The predicted octanol–water partition coefficient (Wildman–Crippen LogP) is 1.16. The highest BCUT2D eigenvalue weighted by Crippen LogP contribution is 2.37. The van der Waals surface area contributed by atoms with Crippen LogP contribution < -0.4 is 11.1 Å². The lowest BCUT2D eigenvalue weighted by Gasteiger charge is -2.45. The van der Waals surface area contributed by atoms with Gasteiger partial charge >= 0.3 is 0 Å². The second-order valence-corrected chi connectivity index (χ2v) is 5.94. The zero-order valence-electron chi connectivity index (χ0n) is 11.8. The van der Waals surface area contributed by atoms with Gasteiger partial charge in [0, 0.05) is 25.0 Å². The smallest absolute Gasteiger partial charge is 0.220 e. The van der Waals surface area contributed by atoms with E-state index in [1.807, 2.05) is 0 Å². The monoisotopic (exact) mass is 274 g/mol. The van der Waals surface area contributed by atoms with Gasteiger partial charge in [-0.3, -0.25) is 4.79 Å². The number of nitrogens with one attached hydrogen (secondary N) is 1. The van der Waals surface area contributed by atoms with Gasteiger partial charge in [0.15, 0.2) is 0 Å². The molecule has 0 radical (unpaired) electrons. The zero-order chi connectivity index (χ0) is 14.1. The second kappa shape index (κ2) is 5.54. The van der Waals surface area contributed by atoms with Crippen molar-refractivity contribution in [1.29, 1.82) is 0 Å². The van der Waals surface area contributed by atoms with Crippen molar-refractivity contribution in [3.05, 3.63) is 35.4 Å². The third kappa shape index (κ3) is 2.58. The van der Waals surface area contributed by atoms with E-state index in [0.29, 0.717) is 12.3 Å². The summed E-state index contributed by atoms with van der Waals surface area (Å²) in [7, 11) is 0.